The molecular weight excluding hydrogens is 411 g/mol. The van der Waals surface area contributed by atoms with E-state index >= 15 is 0 Å². The van der Waals surface area contributed by atoms with Crippen LogP contribution in [0.5, 0.6) is 0 Å². The summed E-state index contributed by atoms with van der Waals surface area (Å²) in [5.41, 5.74) is 0.756. The van der Waals surface area contributed by atoms with Crippen molar-refractivity contribution in [2.45, 2.75) is 40.3 Å². The zero-order valence-electron chi connectivity index (χ0n) is 17.8. The molecule has 0 saturated heterocycles. The van der Waals surface area contributed by atoms with E-state index in [4.69, 9.17) is 9.05 Å². The van der Waals surface area contributed by atoms with Crippen LogP contribution in [-0.4, -0.2) is 54.6 Å². The highest BCUT2D eigenvalue weighted by Crippen LogP contribution is 2.48. The maximum absolute atomic E-state index is 13.2. The van der Waals surface area contributed by atoms with Crippen molar-refractivity contribution in [3.8, 4) is 0 Å². The Labute approximate surface area is 177 Å². The molecule has 2 amide bonds. The van der Waals surface area contributed by atoms with Crippen LogP contribution in [-0.2, 0) is 34.5 Å². The Hall–Kier alpha value is -2.22. The predicted octanol–water partition coefficient (Wildman–Crippen LogP) is 1.17. The maximum Gasteiger partial charge on any atom is 0.340 e. The van der Waals surface area contributed by atoms with Gasteiger partial charge in [-0.3, -0.25) is 14.2 Å². The number of nitrogens with one attached hydrogen (secondary N) is 1. The minimum Gasteiger partial charge on any atom is -0.548 e. The Morgan fingerprint density at radius 3 is 2.13 bits per heavy atom. The van der Waals surface area contributed by atoms with E-state index in [0.29, 0.717) is 0 Å². The van der Waals surface area contributed by atoms with Crippen molar-refractivity contribution in [2.24, 2.45) is 5.92 Å². The average Bonchev–Trinajstić information content (AvgIpc) is 2.66. The molecule has 1 atom stereocenters. The van der Waals surface area contributed by atoms with Gasteiger partial charge >= 0.3 is 7.60 Å². The molecule has 10 heteroatoms. The lowest BCUT2D eigenvalue weighted by Crippen LogP contribution is -2.54. The first-order valence-corrected chi connectivity index (χ1v) is 11.5. The van der Waals surface area contributed by atoms with E-state index in [-0.39, 0.29) is 25.7 Å². The summed E-state index contributed by atoms with van der Waals surface area (Å²) in [5.74, 6) is -3.02. The summed E-state index contributed by atoms with van der Waals surface area (Å²) in [7, 11) is -3.69. The van der Waals surface area contributed by atoms with Crippen molar-refractivity contribution in [3.05, 3.63) is 35.9 Å². The minimum absolute atomic E-state index is 0.0690. The van der Waals surface area contributed by atoms with Gasteiger partial charge in [0.05, 0.1) is 25.7 Å². The summed E-state index contributed by atoms with van der Waals surface area (Å²) in [6.45, 7) is 6.35. The lowest BCUT2D eigenvalue weighted by Gasteiger charge is -2.34. The molecule has 1 rings (SSSR count). The molecule has 1 N–H and O–H groups in total. The molecular formula is C20H30N2O7P-. The normalized spacial score (nSPS) is 12.4. The summed E-state index contributed by atoms with van der Waals surface area (Å²) in [6.07, 6.45) is -0.529. The van der Waals surface area contributed by atoms with Gasteiger partial charge in [0.1, 0.15) is 12.2 Å². The highest BCUT2D eigenvalue weighted by Gasteiger charge is 2.37. The molecule has 0 fully saturated rings. The molecule has 168 valence electrons. The summed E-state index contributed by atoms with van der Waals surface area (Å²) < 4.78 is 23.3. The van der Waals surface area contributed by atoms with Crippen LogP contribution in [0.2, 0.25) is 0 Å². The Morgan fingerprint density at radius 2 is 1.67 bits per heavy atom. The van der Waals surface area contributed by atoms with E-state index in [9.17, 15) is 24.1 Å². The summed E-state index contributed by atoms with van der Waals surface area (Å²) in [4.78, 5) is 37.9. The van der Waals surface area contributed by atoms with Gasteiger partial charge in [-0.25, -0.2) is 0 Å². The van der Waals surface area contributed by atoms with Gasteiger partial charge in [-0.15, -0.1) is 0 Å². The second-order valence-corrected chi connectivity index (χ2v) is 8.94. The zero-order chi connectivity index (χ0) is 22.7. The van der Waals surface area contributed by atoms with E-state index in [2.05, 4.69) is 5.32 Å². The van der Waals surface area contributed by atoms with E-state index < -0.39 is 44.1 Å². The van der Waals surface area contributed by atoms with Gasteiger partial charge in [0, 0.05) is 6.54 Å². The van der Waals surface area contributed by atoms with Crippen molar-refractivity contribution in [2.75, 3.05) is 25.9 Å². The number of carboxylic acids is 1. The quantitative estimate of drug-likeness (QED) is 0.456. The molecule has 30 heavy (non-hydrogen) atoms. The second kappa shape index (κ2) is 12.5. The largest absolute Gasteiger partial charge is 0.548 e. The number of rotatable bonds is 13. The number of carbonyl (C=O) groups is 3. The standard InChI is InChI=1S/C20H31N2O7P/c1-5-28-30(27,29-6-2)14-17(23)22(13-16-10-8-7-9-11-16)19(15(3)4)20(26)21-12-18(24)25/h7-11,15,19H,5-6,12-14H2,1-4H3,(H,21,26)(H,24,25)/p-1. The fraction of sp³-hybridized carbons (Fsp3) is 0.550. The molecule has 0 aliphatic carbocycles. The van der Waals surface area contributed by atoms with Crippen molar-refractivity contribution in [1.29, 1.82) is 0 Å². The van der Waals surface area contributed by atoms with E-state index in [1.54, 1.807) is 52.0 Å². The highest BCUT2D eigenvalue weighted by molar-refractivity contribution is 7.54. The van der Waals surface area contributed by atoms with Crippen molar-refractivity contribution >= 4 is 25.4 Å². The van der Waals surface area contributed by atoms with E-state index in [1.807, 2.05) is 6.07 Å². The Bertz CT molecular complexity index is 745. The third-order valence-corrected chi connectivity index (χ3v) is 6.10. The number of carboxylic acid groups (broad SMARTS) is 1. The van der Waals surface area contributed by atoms with Gasteiger partial charge in [-0.1, -0.05) is 44.2 Å². The van der Waals surface area contributed by atoms with Crippen LogP contribution in [0.3, 0.4) is 0 Å². The zero-order valence-corrected chi connectivity index (χ0v) is 18.7. The average molecular weight is 441 g/mol. The lowest BCUT2D eigenvalue weighted by atomic mass is 10.0. The maximum atomic E-state index is 13.2. The van der Waals surface area contributed by atoms with Gasteiger partial charge in [0.25, 0.3) is 0 Å². The van der Waals surface area contributed by atoms with Crippen molar-refractivity contribution in [1.82, 2.24) is 10.2 Å². The molecule has 0 aliphatic heterocycles. The number of hydrogen-bond acceptors (Lipinski definition) is 7. The molecule has 0 spiro atoms. The SMILES string of the molecule is CCOP(=O)(CC(=O)N(Cc1ccccc1)C(C(=O)NCC(=O)[O-])C(C)C)OCC. The van der Waals surface area contributed by atoms with Crippen LogP contribution in [0.15, 0.2) is 30.3 Å². The number of benzene rings is 1. The molecule has 0 bridgehead atoms. The molecule has 1 unspecified atom stereocenters. The van der Waals surface area contributed by atoms with Gasteiger partial charge in [0.15, 0.2) is 0 Å². The van der Waals surface area contributed by atoms with Gasteiger partial charge in [-0.2, -0.15) is 0 Å². The molecule has 1 aromatic rings. The number of amides is 2. The first-order valence-electron chi connectivity index (χ1n) is 9.82. The number of hydrogen-bond donors (Lipinski definition) is 1. The first-order chi connectivity index (χ1) is 14.1. The van der Waals surface area contributed by atoms with Crippen molar-refractivity contribution in [3.63, 3.8) is 0 Å². The van der Waals surface area contributed by atoms with Crippen LogP contribution >= 0.6 is 7.60 Å². The van der Waals surface area contributed by atoms with Gasteiger partial charge < -0.3 is 29.2 Å². The monoisotopic (exact) mass is 441 g/mol. The Kier molecular flexibility index (Phi) is 10.7. The van der Waals surface area contributed by atoms with E-state index in [0.717, 1.165) is 5.56 Å². The van der Waals surface area contributed by atoms with Gasteiger partial charge in [-0.05, 0) is 25.3 Å². The van der Waals surface area contributed by atoms with Crippen LogP contribution in [0.25, 0.3) is 0 Å². The Balaban J connectivity index is 3.23. The van der Waals surface area contributed by atoms with Crippen LogP contribution in [0.4, 0.5) is 0 Å². The summed E-state index contributed by atoms with van der Waals surface area (Å²) in [6, 6.07) is 8.01. The molecule has 0 radical (unpaired) electrons. The second-order valence-electron chi connectivity index (χ2n) is 6.89. The third kappa shape index (κ3) is 8.26. The van der Waals surface area contributed by atoms with Gasteiger partial charge in [0.2, 0.25) is 11.8 Å². The lowest BCUT2D eigenvalue weighted by molar-refractivity contribution is -0.304. The number of carbonyl (C=O) groups excluding carboxylic acids is 3. The highest BCUT2D eigenvalue weighted by atomic mass is 31.2. The third-order valence-electron chi connectivity index (χ3n) is 4.14. The molecule has 1 aromatic carbocycles. The fourth-order valence-corrected chi connectivity index (χ4v) is 4.53. The van der Waals surface area contributed by atoms with Crippen LogP contribution in [0.1, 0.15) is 33.3 Å². The summed E-state index contributed by atoms with van der Waals surface area (Å²) >= 11 is 0. The minimum atomic E-state index is -3.69. The van der Waals surface area contributed by atoms with Crippen molar-refractivity contribution < 1.29 is 33.1 Å². The molecule has 0 heterocycles. The molecule has 9 nitrogen and oxygen atoms in total. The fourth-order valence-electron chi connectivity index (χ4n) is 2.97. The topological polar surface area (TPSA) is 125 Å². The predicted molar refractivity (Wildman–Crippen MR) is 109 cm³/mol. The van der Waals surface area contributed by atoms with Crippen LogP contribution in [0, 0.1) is 5.92 Å². The molecule has 0 aliphatic rings. The summed E-state index contributed by atoms with van der Waals surface area (Å²) in [5, 5.41) is 13.0. The molecule has 0 aromatic heterocycles. The smallest absolute Gasteiger partial charge is 0.340 e. The first kappa shape index (κ1) is 25.8. The number of aliphatic carboxylic acids is 1. The Morgan fingerprint density at radius 1 is 1.10 bits per heavy atom. The number of nitrogens with zero attached hydrogens (tertiary/aromatic N) is 1. The van der Waals surface area contributed by atoms with Crippen LogP contribution < -0.4 is 10.4 Å². The molecule has 0 saturated carbocycles. The van der Waals surface area contributed by atoms with E-state index in [1.165, 1.54) is 4.90 Å².